The number of hydrogen-bond acceptors (Lipinski definition) is 2. The van der Waals surface area contributed by atoms with Gasteiger partial charge in [0.15, 0.2) is 0 Å². The number of aromatic nitrogens is 1. The lowest BCUT2D eigenvalue weighted by atomic mass is 10.2. The highest BCUT2D eigenvalue weighted by Gasteiger charge is 2.11. The zero-order chi connectivity index (χ0) is 11.3. The summed E-state index contributed by atoms with van der Waals surface area (Å²) >= 11 is 0. The molecule has 3 N–H and O–H groups in total. The minimum atomic E-state index is -0.379. The Labute approximate surface area is 90.5 Å². The Morgan fingerprint density at radius 1 is 1.67 bits per heavy atom. The fraction of sp³-hybridized carbons (Fsp3) is 0.545. The van der Waals surface area contributed by atoms with Gasteiger partial charge >= 0.3 is 0 Å². The van der Waals surface area contributed by atoms with Crippen molar-refractivity contribution in [1.29, 1.82) is 0 Å². The zero-order valence-corrected chi connectivity index (χ0v) is 9.36. The molecule has 0 saturated heterocycles. The molecule has 0 aromatic carbocycles. The molecule has 15 heavy (non-hydrogen) atoms. The minimum Gasteiger partial charge on any atom is -0.353 e. The van der Waals surface area contributed by atoms with Gasteiger partial charge in [0.2, 0.25) is 5.91 Å². The normalized spacial score (nSPS) is 12.5. The molecule has 1 amide bonds. The number of carbonyl (C=O) groups is 1. The molecular formula is C11H19N3O. The molecule has 1 rings (SSSR count). The monoisotopic (exact) mass is 209 g/mol. The largest absolute Gasteiger partial charge is 0.353 e. The van der Waals surface area contributed by atoms with E-state index in [1.54, 1.807) is 0 Å². The van der Waals surface area contributed by atoms with Crippen LogP contribution in [0.5, 0.6) is 0 Å². The molecule has 0 bridgehead atoms. The Bertz CT molecular complexity index is 319. The van der Waals surface area contributed by atoms with Crippen LogP contribution in [-0.4, -0.2) is 16.5 Å². The molecule has 0 aliphatic carbocycles. The molecule has 84 valence electrons. The summed E-state index contributed by atoms with van der Waals surface area (Å²) in [6.07, 6.45) is 3.62. The highest BCUT2D eigenvalue weighted by molar-refractivity contribution is 5.81. The van der Waals surface area contributed by atoms with Gasteiger partial charge in [-0.2, -0.15) is 0 Å². The van der Waals surface area contributed by atoms with Crippen LogP contribution in [-0.2, 0) is 18.4 Å². The Kier molecular flexibility index (Phi) is 4.37. The molecule has 1 aromatic rings. The number of nitrogens with two attached hydrogens (primary N) is 1. The van der Waals surface area contributed by atoms with E-state index >= 15 is 0 Å². The molecule has 1 atom stereocenters. The van der Waals surface area contributed by atoms with E-state index in [9.17, 15) is 4.79 Å². The average Bonchev–Trinajstić information content (AvgIpc) is 2.61. The summed E-state index contributed by atoms with van der Waals surface area (Å²) < 4.78 is 1.98. The smallest absolute Gasteiger partial charge is 0.237 e. The summed E-state index contributed by atoms with van der Waals surface area (Å²) in [7, 11) is 1.95. The van der Waals surface area contributed by atoms with Crippen molar-refractivity contribution in [2.24, 2.45) is 12.8 Å². The Morgan fingerprint density at radius 2 is 2.40 bits per heavy atom. The van der Waals surface area contributed by atoms with Crippen LogP contribution in [0.1, 0.15) is 25.5 Å². The molecule has 0 saturated carbocycles. The van der Waals surface area contributed by atoms with Gasteiger partial charge in [-0.1, -0.05) is 13.3 Å². The first-order valence-corrected chi connectivity index (χ1v) is 5.28. The van der Waals surface area contributed by atoms with Gasteiger partial charge in [-0.3, -0.25) is 4.79 Å². The van der Waals surface area contributed by atoms with Gasteiger partial charge in [0, 0.05) is 18.9 Å². The number of hydrogen-bond donors (Lipinski definition) is 2. The highest BCUT2D eigenvalue weighted by atomic mass is 16.2. The maximum atomic E-state index is 11.5. The summed E-state index contributed by atoms with van der Waals surface area (Å²) in [5, 5.41) is 2.83. The number of aryl methyl sites for hydroxylation is 1. The number of amides is 1. The van der Waals surface area contributed by atoms with Crippen LogP contribution in [0.4, 0.5) is 0 Å². The molecule has 0 aliphatic rings. The van der Waals surface area contributed by atoms with E-state index in [0.29, 0.717) is 6.54 Å². The zero-order valence-electron chi connectivity index (χ0n) is 9.36. The van der Waals surface area contributed by atoms with E-state index < -0.39 is 0 Å². The number of carbonyl (C=O) groups excluding carboxylic acids is 1. The summed E-state index contributed by atoms with van der Waals surface area (Å²) in [6.45, 7) is 2.56. The predicted octanol–water partition coefficient (Wildman–Crippen LogP) is 0.769. The minimum absolute atomic E-state index is 0.0712. The molecule has 0 aliphatic heterocycles. The van der Waals surface area contributed by atoms with Gasteiger partial charge in [0.05, 0.1) is 12.6 Å². The number of rotatable bonds is 5. The quantitative estimate of drug-likeness (QED) is 0.752. The van der Waals surface area contributed by atoms with Crippen molar-refractivity contribution in [3.05, 3.63) is 24.0 Å². The first kappa shape index (κ1) is 11.8. The van der Waals surface area contributed by atoms with Crippen LogP contribution in [0.15, 0.2) is 18.3 Å². The van der Waals surface area contributed by atoms with Crippen molar-refractivity contribution >= 4 is 5.91 Å². The van der Waals surface area contributed by atoms with Crippen LogP contribution in [0, 0.1) is 0 Å². The number of nitrogens with zero attached hydrogens (tertiary/aromatic N) is 1. The summed E-state index contributed by atoms with van der Waals surface area (Å²) in [4.78, 5) is 11.5. The van der Waals surface area contributed by atoms with Gasteiger partial charge in [0.25, 0.3) is 0 Å². The van der Waals surface area contributed by atoms with Crippen molar-refractivity contribution in [3.8, 4) is 0 Å². The fourth-order valence-electron chi connectivity index (χ4n) is 1.43. The maximum Gasteiger partial charge on any atom is 0.237 e. The van der Waals surface area contributed by atoms with E-state index in [2.05, 4.69) is 5.32 Å². The standard InChI is InChI=1S/C11H19N3O/c1-3-5-10(12)11(15)13-8-9-6-4-7-14(9)2/h4,6-7,10H,3,5,8,12H2,1-2H3,(H,13,15)/t10-/m1/s1. The topological polar surface area (TPSA) is 60.1 Å². The lowest BCUT2D eigenvalue weighted by Crippen LogP contribution is -2.40. The third-order valence-corrected chi connectivity index (χ3v) is 2.43. The number of nitrogens with one attached hydrogen (secondary N) is 1. The van der Waals surface area contributed by atoms with Crippen LogP contribution in [0.2, 0.25) is 0 Å². The van der Waals surface area contributed by atoms with Crippen molar-refractivity contribution in [3.63, 3.8) is 0 Å². The molecule has 0 spiro atoms. The second-order valence-electron chi connectivity index (χ2n) is 3.72. The molecule has 1 heterocycles. The van der Waals surface area contributed by atoms with Crippen LogP contribution in [0.25, 0.3) is 0 Å². The maximum absolute atomic E-state index is 11.5. The molecule has 0 fully saturated rings. The lowest BCUT2D eigenvalue weighted by Gasteiger charge is -2.11. The first-order chi connectivity index (χ1) is 7.15. The molecule has 1 aromatic heterocycles. The second kappa shape index (κ2) is 5.56. The van der Waals surface area contributed by atoms with E-state index in [1.807, 2.05) is 36.9 Å². The molecular weight excluding hydrogens is 190 g/mol. The van der Waals surface area contributed by atoms with Gasteiger partial charge < -0.3 is 15.6 Å². The van der Waals surface area contributed by atoms with Gasteiger partial charge in [0.1, 0.15) is 0 Å². The Hall–Kier alpha value is -1.29. The molecule has 0 radical (unpaired) electrons. The van der Waals surface area contributed by atoms with E-state index in [4.69, 9.17) is 5.73 Å². The average molecular weight is 209 g/mol. The third kappa shape index (κ3) is 3.40. The van der Waals surface area contributed by atoms with E-state index in [-0.39, 0.29) is 11.9 Å². The SMILES string of the molecule is CCC[C@@H](N)C(=O)NCc1cccn1C. The highest BCUT2D eigenvalue weighted by Crippen LogP contribution is 1.99. The van der Waals surface area contributed by atoms with Crippen LogP contribution in [0.3, 0.4) is 0 Å². The van der Waals surface area contributed by atoms with Crippen LogP contribution >= 0.6 is 0 Å². The van der Waals surface area contributed by atoms with E-state index in [0.717, 1.165) is 18.5 Å². The van der Waals surface area contributed by atoms with Gasteiger partial charge in [-0.15, -0.1) is 0 Å². The lowest BCUT2D eigenvalue weighted by molar-refractivity contribution is -0.122. The van der Waals surface area contributed by atoms with Crippen molar-refractivity contribution in [1.82, 2.24) is 9.88 Å². The van der Waals surface area contributed by atoms with Gasteiger partial charge in [-0.05, 0) is 18.6 Å². The van der Waals surface area contributed by atoms with Crippen molar-refractivity contribution in [2.45, 2.75) is 32.4 Å². The first-order valence-electron chi connectivity index (χ1n) is 5.28. The van der Waals surface area contributed by atoms with Crippen LogP contribution < -0.4 is 11.1 Å². The van der Waals surface area contributed by atoms with Crippen molar-refractivity contribution < 1.29 is 4.79 Å². The summed E-state index contributed by atoms with van der Waals surface area (Å²) in [5.74, 6) is -0.0712. The third-order valence-electron chi connectivity index (χ3n) is 2.43. The Morgan fingerprint density at radius 3 is 2.93 bits per heavy atom. The molecule has 4 nitrogen and oxygen atoms in total. The Balaban J connectivity index is 2.37. The summed E-state index contributed by atoms with van der Waals surface area (Å²) in [5.41, 5.74) is 6.76. The molecule has 0 unspecified atom stereocenters. The second-order valence-corrected chi connectivity index (χ2v) is 3.72. The van der Waals surface area contributed by atoms with Gasteiger partial charge in [-0.25, -0.2) is 0 Å². The molecule has 4 heteroatoms. The predicted molar refractivity (Wildman–Crippen MR) is 60.1 cm³/mol. The fourth-order valence-corrected chi connectivity index (χ4v) is 1.43. The summed E-state index contributed by atoms with van der Waals surface area (Å²) in [6, 6.07) is 3.55. The van der Waals surface area contributed by atoms with E-state index in [1.165, 1.54) is 0 Å². The van der Waals surface area contributed by atoms with Crippen molar-refractivity contribution in [2.75, 3.05) is 0 Å².